The van der Waals surface area contributed by atoms with Crippen LogP contribution < -0.4 is 28.0 Å². The van der Waals surface area contributed by atoms with Crippen molar-refractivity contribution in [2.45, 2.75) is 155 Å². The van der Waals surface area contributed by atoms with Gasteiger partial charge in [0.2, 0.25) is 0 Å². The quantitative estimate of drug-likeness (QED) is 0.138. The highest BCUT2D eigenvalue weighted by Gasteiger charge is 2.58. The summed E-state index contributed by atoms with van der Waals surface area (Å²) in [5.41, 5.74) is 4.13. The molecule has 16 heteroatoms. The molecule has 8 rings (SSSR count). The van der Waals surface area contributed by atoms with Gasteiger partial charge in [0.15, 0.2) is 12.1 Å². The molecule has 2 aliphatic rings. The average Bonchev–Trinajstić information content (AvgIpc) is 3.60. The van der Waals surface area contributed by atoms with Crippen LogP contribution in [0.2, 0.25) is 0 Å². The predicted molar refractivity (Wildman–Crippen MR) is 270 cm³/mol. The lowest BCUT2D eigenvalue weighted by Crippen LogP contribution is -2.47. The van der Waals surface area contributed by atoms with Gasteiger partial charge in [0.1, 0.15) is 69.7 Å². The molecule has 0 aliphatic carbocycles. The molecule has 4 heterocycles. The minimum absolute atomic E-state index is 0.406. The second-order valence-electron chi connectivity index (χ2n) is 22.5. The summed E-state index contributed by atoms with van der Waals surface area (Å²) in [5.74, 6) is 1.60. The van der Waals surface area contributed by atoms with Crippen LogP contribution in [0.1, 0.15) is 119 Å². The molecular weight excluding hydrogens is 923 g/mol. The van der Waals surface area contributed by atoms with Crippen molar-refractivity contribution < 1.29 is 64.1 Å². The van der Waals surface area contributed by atoms with Crippen molar-refractivity contribution in [3.05, 3.63) is 70.8 Å². The van der Waals surface area contributed by atoms with E-state index in [4.69, 9.17) is 59.0 Å². The van der Waals surface area contributed by atoms with Crippen LogP contribution in [0, 0.1) is 0 Å². The first-order valence-corrected chi connectivity index (χ1v) is 25.6. The molecule has 0 saturated carbocycles. The van der Waals surface area contributed by atoms with Crippen molar-refractivity contribution in [1.82, 2.24) is 0 Å². The molecule has 0 spiro atoms. The Morgan fingerprint density at radius 3 is 1.16 bits per heavy atom. The Hall–Kier alpha value is -4.36. The smallest absolute Gasteiger partial charge is 0.387 e. The maximum absolute atomic E-state index is 11.5. The summed E-state index contributed by atoms with van der Waals surface area (Å²) in [6.07, 6.45) is -4.78. The topological polar surface area (TPSA) is 156 Å². The van der Waals surface area contributed by atoms with Crippen molar-refractivity contribution in [1.29, 1.82) is 0 Å². The zero-order chi connectivity index (χ0) is 50.3. The van der Waals surface area contributed by atoms with Gasteiger partial charge in [0.05, 0.1) is 35.0 Å². The normalized spacial score (nSPS) is 20.2. The zero-order valence-corrected chi connectivity index (χ0v) is 45.2. The molecule has 376 valence electrons. The van der Waals surface area contributed by atoms with E-state index >= 15 is 0 Å². The first kappa shape index (κ1) is 51.0. The van der Waals surface area contributed by atoms with Gasteiger partial charge < -0.3 is 55.1 Å². The van der Waals surface area contributed by atoms with Crippen LogP contribution in [-0.2, 0) is 35.9 Å². The minimum atomic E-state index is -2.32. The fourth-order valence-electron chi connectivity index (χ4n) is 9.05. The molecule has 0 radical (unpaired) electrons. The van der Waals surface area contributed by atoms with Crippen molar-refractivity contribution in [2.24, 2.45) is 0 Å². The SMILES string of the molecule is COc1cc(C(C)(C)C)c2op(O[C@H]3[C@H]4OC(C)(C)O[C@H]4O[C@@H]3[C@H](CO)Op3oc4c(C(C)(C)C)cc(OC)cc4c4cc(OC)cc(C(C)(C)C)c4o3)oc3c(C(C)(C)C)cc(OC)cc3c2c1. The maximum atomic E-state index is 11.5. The molecule has 0 amide bonds. The number of benzene rings is 4. The van der Waals surface area contributed by atoms with E-state index in [2.05, 4.69) is 83.1 Å². The number of aliphatic hydroxyl groups excluding tert-OH is 1. The molecule has 4 aromatic carbocycles. The third-order valence-corrected chi connectivity index (χ3v) is 14.9. The number of ether oxygens (including phenoxy) is 7. The first-order chi connectivity index (χ1) is 32.2. The Balaban J connectivity index is 1.36. The van der Waals surface area contributed by atoms with Gasteiger partial charge in [0, 0.05) is 43.8 Å². The number of hydrogen-bond acceptors (Lipinski definition) is 14. The summed E-state index contributed by atoms with van der Waals surface area (Å²) >= 11 is 0. The summed E-state index contributed by atoms with van der Waals surface area (Å²) in [6.45, 7) is 28.5. The maximum Gasteiger partial charge on any atom is 0.387 e. The number of methoxy groups -OCH3 is 4. The van der Waals surface area contributed by atoms with Crippen molar-refractivity contribution in [3.63, 3.8) is 0 Å². The van der Waals surface area contributed by atoms with E-state index in [1.807, 2.05) is 62.4 Å². The lowest BCUT2D eigenvalue weighted by molar-refractivity contribution is -0.220. The third-order valence-electron chi connectivity index (χ3n) is 12.7. The van der Waals surface area contributed by atoms with Gasteiger partial charge in [-0.25, -0.2) is 0 Å². The van der Waals surface area contributed by atoms with Gasteiger partial charge >= 0.3 is 16.5 Å². The van der Waals surface area contributed by atoms with Crippen LogP contribution in [0.25, 0.3) is 43.9 Å². The fourth-order valence-corrected chi connectivity index (χ4v) is 11.5. The molecule has 14 nitrogen and oxygen atoms in total. The second kappa shape index (κ2) is 18.4. The Kier molecular flexibility index (Phi) is 13.6. The van der Waals surface area contributed by atoms with Crippen LogP contribution >= 0.6 is 16.5 Å². The van der Waals surface area contributed by atoms with Crippen LogP contribution in [-0.4, -0.2) is 76.6 Å². The first-order valence-electron chi connectivity index (χ1n) is 23.4. The lowest BCUT2D eigenvalue weighted by atomic mass is 9.84. The molecule has 5 atom stereocenters. The number of rotatable bonds is 10. The average molecular weight is 993 g/mol. The van der Waals surface area contributed by atoms with E-state index < -0.39 is 81.2 Å². The molecule has 0 unspecified atom stereocenters. The van der Waals surface area contributed by atoms with Gasteiger partial charge in [-0.15, -0.1) is 0 Å². The highest BCUT2D eigenvalue weighted by atomic mass is 31.1. The van der Waals surface area contributed by atoms with Crippen LogP contribution in [0.4, 0.5) is 0 Å². The number of fused-ring (bicyclic) bond motifs is 7. The highest BCUT2D eigenvalue weighted by Crippen LogP contribution is 2.50. The molecule has 6 aromatic rings. The van der Waals surface area contributed by atoms with Crippen LogP contribution in [0.3, 0.4) is 0 Å². The van der Waals surface area contributed by atoms with E-state index in [0.29, 0.717) is 45.3 Å². The number of aliphatic hydroxyl groups is 1. The van der Waals surface area contributed by atoms with Crippen LogP contribution in [0.15, 0.2) is 65.3 Å². The summed E-state index contributed by atoms with van der Waals surface area (Å²) in [6, 6.07) is 15.7. The van der Waals surface area contributed by atoms with Gasteiger partial charge in [-0.2, -0.15) is 0 Å². The summed E-state index contributed by atoms with van der Waals surface area (Å²) in [5, 5.41) is 14.5. The molecule has 0 bridgehead atoms. The minimum Gasteiger partial charge on any atom is -0.497 e. The molecule has 2 saturated heterocycles. The van der Waals surface area contributed by atoms with Crippen molar-refractivity contribution in [2.75, 3.05) is 35.0 Å². The Labute approximate surface area is 407 Å². The summed E-state index contributed by atoms with van der Waals surface area (Å²) < 4.78 is 85.2. The lowest BCUT2D eigenvalue weighted by Gasteiger charge is -2.28. The molecule has 2 aliphatic heterocycles. The summed E-state index contributed by atoms with van der Waals surface area (Å²) in [4.78, 5) is 0. The van der Waals surface area contributed by atoms with E-state index in [-0.39, 0.29) is 0 Å². The van der Waals surface area contributed by atoms with Gasteiger partial charge in [-0.05, 0) is 84.0 Å². The molecule has 1 N–H and O–H groups in total. The zero-order valence-electron chi connectivity index (χ0n) is 43.4. The fraction of sp³-hybridized carbons (Fsp3) is 0.547. The van der Waals surface area contributed by atoms with E-state index in [1.165, 1.54) is 0 Å². The molecular formula is C53H70O14P2. The van der Waals surface area contributed by atoms with Crippen LogP contribution in [0.5, 0.6) is 23.0 Å². The molecule has 2 aromatic heterocycles. The van der Waals surface area contributed by atoms with E-state index in [0.717, 1.165) is 43.8 Å². The van der Waals surface area contributed by atoms with Crippen molar-refractivity contribution in [3.8, 4) is 23.0 Å². The third kappa shape index (κ3) is 9.98. The van der Waals surface area contributed by atoms with Crippen molar-refractivity contribution >= 4 is 60.4 Å². The van der Waals surface area contributed by atoms with E-state index in [9.17, 15) is 5.11 Å². The Morgan fingerprint density at radius 1 is 0.522 bits per heavy atom. The highest BCUT2D eigenvalue weighted by molar-refractivity contribution is 7.32. The number of hydrogen-bond donors (Lipinski definition) is 1. The monoisotopic (exact) mass is 992 g/mol. The molecule has 2 fully saturated rings. The van der Waals surface area contributed by atoms with Gasteiger partial charge in [0.25, 0.3) is 0 Å². The van der Waals surface area contributed by atoms with E-state index in [1.54, 1.807) is 28.4 Å². The van der Waals surface area contributed by atoms with Gasteiger partial charge in [-0.1, -0.05) is 83.1 Å². The standard InChI is InChI=1S/C53H70O14P2/c1-49(2,3)36-23-28(55-15)19-32-33-20-29(56-16)24-37(50(4,5)6)42(33)64-68(63-41(32)36)62-40(27-54)45-46(47-48(59-45)61-53(13,14)60-47)67-69-65-43-34(21-30(57-17)25-38(43)51(7,8)9)35-22-31(58-18)26-39(44(35)66-69)52(10,11)12/h19-26,40,45-48,54H,27H2,1-18H3/t40-,45+,46+,47+,48+/m0/s1. The Morgan fingerprint density at radius 2 is 0.855 bits per heavy atom. The second-order valence-corrected chi connectivity index (χ2v) is 24.5. The Bertz CT molecular complexity index is 2810. The summed E-state index contributed by atoms with van der Waals surface area (Å²) in [7, 11) is 1.97. The van der Waals surface area contributed by atoms with Gasteiger partial charge in [-0.3, -0.25) is 9.05 Å². The predicted octanol–water partition coefficient (Wildman–Crippen LogP) is 13.3. The largest absolute Gasteiger partial charge is 0.497 e. The molecule has 69 heavy (non-hydrogen) atoms.